The normalized spacial score (nSPS) is 36.2. The molecule has 1 N–H and O–H groups in total. The standard InChI is InChI=1S/C16H18F2O3/c17-16(18)13(19)11-4-1-2-5-12(11)14(16)6-3-7-15(10-14)20-8-9-21-15/h1-2,4-5,13,19H,3,6-10H2/t13?,14-/m0/s1. The molecule has 0 bridgehead atoms. The second kappa shape index (κ2) is 4.24. The van der Waals surface area contributed by atoms with Crippen molar-refractivity contribution < 1.29 is 23.4 Å². The van der Waals surface area contributed by atoms with Crippen molar-refractivity contribution in [3.8, 4) is 0 Å². The lowest BCUT2D eigenvalue weighted by molar-refractivity contribution is -0.234. The monoisotopic (exact) mass is 296 g/mol. The van der Waals surface area contributed by atoms with Crippen LogP contribution in [0.15, 0.2) is 24.3 Å². The van der Waals surface area contributed by atoms with Gasteiger partial charge in [0, 0.05) is 12.8 Å². The fraction of sp³-hybridized carbons (Fsp3) is 0.625. The van der Waals surface area contributed by atoms with E-state index in [0.29, 0.717) is 43.6 Å². The first-order valence-corrected chi connectivity index (χ1v) is 7.44. The minimum atomic E-state index is -3.20. The van der Waals surface area contributed by atoms with Crippen LogP contribution >= 0.6 is 0 Å². The number of aliphatic hydroxyl groups is 1. The fourth-order valence-corrected chi connectivity index (χ4v) is 4.36. The Morgan fingerprint density at radius 1 is 1.10 bits per heavy atom. The topological polar surface area (TPSA) is 38.7 Å². The molecule has 0 radical (unpaired) electrons. The predicted molar refractivity (Wildman–Crippen MR) is 71.1 cm³/mol. The molecular formula is C16H18F2O3. The van der Waals surface area contributed by atoms with Crippen molar-refractivity contribution in [3.05, 3.63) is 35.4 Å². The van der Waals surface area contributed by atoms with Crippen molar-refractivity contribution in [2.45, 2.75) is 48.9 Å². The molecule has 3 nitrogen and oxygen atoms in total. The van der Waals surface area contributed by atoms with E-state index in [-0.39, 0.29) is 6.42 Å². The highest BCUT2D eigenvalue weighted by Gasteiger charge is 2.68. The molecule has 2 spiro atoms. The molecule has 1 saturated heterocycles. The number of fused-ring (bicyclic) bond motifs is 2. The van der Waals surface area contributed by atoms with E-state index in [1.165, 1.54) is 0 Å². The molecule has 2 aliphatic carbocycles. The molecule has 0 aromatic heterocycles. The largest absolute Gasteiger partial charge is 0.382 e. The maximum atomic E-state index is 14.9. The molecule has 4 rings (SSSR count). The van der Waals surface area contributed by atoms with E-state index in [9.17, 15) is 13.9 Å². The van der Waals surface area contributed by atoms with E-state index in [1.54, 1.807) is 24.3 Å². The number of benzene rings is 1. The molecule has 0 amide bonds. The molecule has 1 aliphatic heterocycles. The van der Waals surface area contributed by atoms with Crippen molar-refractivity contribution in [3.63, 3.8) is 0 Å². The summed E-state index contributed by atoms with van der Waals surface area (Å²) in [6, 6.07) is 6.76. The van der Waals surface area contributed by atoms with E-state index in [1.807, 2.05) is 0 Å². The van der Waals surface area contributed by atoms with E-state index in [4.69, 9.17) is 9.47 Å². The number of rotatable bonds is 0. The van der Waals surface area contributed by atoms with Crippen LogP contribution in [-0.2, 0) is 14.9 Å². The van der Waals surface area contributed by atoms with E-state index < -0.39 is 23.2 Å². The first-order chi connectivity index (χ1) is 10.0. The quantitative estimate of drug-likeness (QED) is 0.800. The lowest BCUT2D eigenvalue weighted by atomic mass is 9.66. The van der Waals surface area contributed by atoms with Crippen molar-refractivity contribution in [2.75, 3.05) is 13.2 Å². The summed E-state index contributed by atoms with van der Waals surface area (Å²) in [5.74, 6) is -4.10. The van der Waals surface area contributed by atoms with Gasteiger partial charge in [-0.05, 0) is 24.0 Å². The molecular weight excluding hydrogens is 278 g/mol. The molecule has 2 fully saturated rings. The summed E-state index contributed by atoms with van der Waals surface area (Å²) in [6.07, 6.45) is -0.0335. The van der Waals surface area contributed by atoms with Gasteiger partial charge in [0.05, 0.1) is 18.6 Å². The zero-order valence-corrected chi connectivity index (χ0v) is 11.6. The van der Waals surface area contributed by atoms with Crippen LogP contribution in [0.4, 0.5) is 8.78 Å². The fourth-order valence-electron chi connectivity index (χ4n) is 4.36. The first-order valence-electron chi connectivity index (χ1n) is 7.44. The molecule has 2 atom stereocenters. The van der Waals surface area contributed by atoms with Gasteiger partial charge in [0.15, 0.2) is 5.79 Å². The first kappa shape index (κ1) is 13.6. The molecule has 1 heterocycles. The van der Waals surface area contributed by atoms with Crippen LogP contribution < -0.4 is 0 Å². The lowest BCUT2D eigenvalue weighted by Gasteiger charge is -2.46. The Morgan fingerprint density at radius 3 is 2.57 bits per heavy atom. The third kappa shape index (κ3) is 1.62. The number of aliphatic hydroxyl groups excluding tert-OH is 1. The van der Waals surface area contributed by atoms with Crippen molar-refractivity contribution in [2.24, 2.45) is 0 Å². The number of alkyl halides is 2. The number of hydrogen-bond acceptors (Lipinski definition) is 3. The van der Waals surface area contributed by atoms with Crippen LogP contribution in [0, 0.1) is 0 Å². The summed E-state index contributed by atoms with van der Waals surface area (Å²) < 4.78 is 41.2. The molecule has 5 heteroatoms. The molecule has 1 aromatic carbocycles. The van der Waals surface area contributed by atoms with Crippen molar-refractivity contribution in [1.82, 2.24) is 0 Å². The minimum Gasteiger partial charge on any atom is -0.382 e. The van der Waals surface area contributed by atoms with Gasteiger partial charge in [-0.15, -0.1) is 0 Å². The number of hydrogen-bond donors (Lipinski definition) is 1. The van der Waals surface area contributed by atoms with Gasteiger partial charge in [-0.3, -0.25) is 0 Å². The zero-order chi connectivity index (χ0) is 14.7. The molecule has 3 aliphatic rings. The van der Waals surface area contributed by atoms with Gasteiger partial charge in [-0.1, -0.05) is 24.3 Å². The van der Waals surface area contributed by atoms with E-state index in [2.05, 4.69) is 0 Å². The SMILES string of the molecule is OC1c2ccccc2[C@@]2(CCCC3(C2)OCCO3)C1(F)F. The van der Waals surface area contributed by atoms with Crippen LogP contribution in [-0.4, -0.2) is 30.0 Å². The second-order valence-corrected chi connectivity index (χ2v) is 6.33. The summed E-state index contributed by atoms with van der Waals surface area (Å²) in [5, 5.41) is 10.1. The van der Waals surface area contributed by atoms with Gasteiger partial charge in [0.2, 0.25) is 0 Å². The third-order valence-corrected chi connectivity index (χ3v) is 5.30. The predicted octanol–water partition coefficient (Wildman–Crippen LogP) is 2.92. The highest BCUT2D eigenvalue weighted by atomic mass is 19.3. The van der Waals surface area contributed by atoms with Gasteiger partial charge in [0.1, 0.15) is 6.10 Å². The van der Waals surface area contributed by atoms with Crippen LogP contribution in [0.2, 0.25) is 0 Å². The minimum absolute atomic E-state index is 0.112. The van der Waals surface area contributed by atoms with Crippen LogP contribution in [0.5, 0.6) is 0 Å². The van der Waals surface area contributed by atoms with Crippen molar-refractivity contribution in [1.29, 1.82) is 0 Å². The Bertz CT molecular complexity index is 568. The van der Waals surface area contributed by atoms with E-state index >= 15 is 0 Å². The van der Waals surface area contributed by atoms with Crippen LogP contribution in [0.1, 0.15) is 42.9 Å². The maximum Gasteiger partial charge on any atom is 0.287 e. The highest BCUT2D eigenvalue weighted by molar-refractivity contribution is 5.46. The Hall–Kier alpha value is -1.04. The van der Waals surface area contributed by atoms with Gasteiger partial charge < -0.3 is 14.6 Å². The van der Waals surface area contributed by atoms with Crippen LogP contribution in [0.3, 0.4) is 0 Å². The summed E-state index contributed by atoms with van der Waals surface area (Å²) in [7, 11) is 0. The Labute approximate surface area is 121 Å². The Kier molecular flexibility index (Phi) is 2.75. The molecule has 114 valence electrons. The zero-order valence-electron chi connectivity index (χ0n) is 11.6. The average Bonchev–Trinajstić information content (AvgIpc) is 2.98. The second-order valence-electron chi connectivity index (χ2n) is 6.33. The lowest BCUT2D eigenvalue weighted by Crippen LogP contribution is -2.53. The molecule has 21 heavy (non-hydrogen) atoms. The van der Waals surface area contributed by atoms with Gasteiger partial charge >= 0.3 is 0 Å². The Morgan fingerprint density at radius 2 is 1.81 bits per heavy atom. The van der Waals surface area contributed by atoms with Crippen LogP contribution in [0.25, 0.3) is 0 Å². The number of halogens is 2. The van der Waals surface area contributed by atoms with E-state index in [0.717, 1.165) is 0 Å². The summed E-state index contributed by atoms with van der Waals surface area (Å²) in [5.41, 5.74) is -0.482. The van der Waals surface area contributed by atoms with Gasteiger partial charge in [-0.25, -0.2) is 8.78 Å². The van der Waals surface area contributed by atoms with Crippen molar-refractivity contribution >= 4 is 0 Å². The summed E-state index contributed by atoms with van der Waals surface area (Å²) in [6.45, 7) is 0.900. The summed E-state index contributed by atoms with van der Waals surface area (Å²) in [4.78, 5) is 0. The summed E-state index contributed by atoms with van der Waals surface area (Å²) >= 11 is 0. The Balaban J connectivity index is 1.85. The highest BCUT2D eigenvalue weighted by Crippen LogP contribution is 2.63. The number of ether oxygens (including phenoxy) is 2. The maximum absolute atomic E-state index is 14.9. The molecule has 1 unspecified atom stereocenters. The van der Waals surface area contributed by atoms with Gasteiger partial charge in [0.25, 0.3) is 5.92 Å². The van der Waals surface area contributed by atoms with Gasteiger partial charge in [-0.2, -0.15) is 0 Å². The molecule has 1 aromatic rings. The smallest absolute Gasteiger partial charge is 0.287 e. The molecule has 1 saturated carbocycles. The third-order valence-electron chi connectivity index (χ3n) is 5.30. The average molecular weight is 296 g/mol.